The highest BCUT2D eigenvalue weighted by atomic mass is 35.5. The molecule has 0 radical (unpaired) electrons. The van der Waals surface area contributed by atoms with Crippen LogP contribution in [0.4, 0.5) is 5.69 Å². The summed E-state index contributed by atoms with van der Waals surface area (Å²) < 4.78 is 4.96. The number of rotatable bonds is 4. The number of anilines is 1. The van der Waals surface area contributed by atoms with Crippen molar-refractivity contribution in [2.75, 3.05) is 19.0 Å². The fraction of sp³-hybridized carbons (Fsp3) is 0.500. The van der Waals surface area contributed by atoms with Gasteiger partial charge in [-0.1, -0.05) is 18.5 Å². The topological polar surface area (TPSA) is 58.6 Å². The van der Waals surface area contributed by atoms with E-state index >= 15 is 0 Å². The van der Waals surface area contributed by atoms with Crippen molar-refractivity contribution in [2.24, 2.45) is 0 Å². The standard InChI is InChI=1S/C14H18ClNO3/c1-4-8-9-5-10(11(17)6-19-3)12(15)7(2)13(9)16-14(8)18/h5,8,11,17H,4,6H2,1-3H3,(H,16,18). The number of amides is 1. The summed E-state index contributed by atoms with van der Waals surface area (Å²) in [7, 11) is 1.53. The molecule has 0 bridgehead atoms. The third kappa shape index (κ3) is 2.36. The monoisotopic (exact) mass is 283 g/mol. The van der Waals surface area contributed by atoms with Gasteiger partial charge in [0.1, 0.15) is 6.10 Å². The molecule has 0 aliphatic carbocycles. The van der Waals surface area contributed by atoms with Gasteiger partial charge in [0.2, 0.25) is 5.91 Å². The third-order valence-electron chi connectivity index (χ3n) is 3.59. The zero-order valence-electron chi connectivity index (χ0n) is 11.3. The fourth-order valence-corrected chi connectivity index (χ4v) is 2.81. The van der Waals surface area contributed by atoms with E-state index in [1.807, 2.05) is 19.9 Å². The molecule has 19 heavy (non-hydrogen) atoms. The van der Waals surface area contributed by atoms with Crippen LogP contribution in [-0.2, 0) is 9.53 Å². The van der Waals surface area contributed by atoms with Crippen LogP contribution in [0, 0.1) is 6.92 Å². The first kappa shape index (κ1) is 14.3. The number of carbonyl (C=O) groups excluding carboxylic acids is 1. The predicted molar refractivity (Wildman–Crippen MR) is 74.7 cm³/mol. The van der Waals surface area contributed by atoms with E-state index in [1.165, 1.54) is 7.11 Å². The van der Waals surface area contributed by atoms with Gasteiger partial charge in [-0.2, -0.15) is 0 Å². The van der Waals surface area contributed by atoms with E-state index in [9.17, 15) is 9.90 Å². The highest BCUT2D eigenvalue weighted by Gasteiger charge is 2.32. The number of aliphatic hydroxyl groups excluding tert-OH is 1. The number of fused-ring (bicyclic) bond motifs is 1. The van der Waals surface area contributed by atoms with Gasteiger partial charge < -0.3 is 15.2 Å². The highest BCUT2D eigenvalue weighted by Crippen LogP contribution is 2.42. The van der Waals surface area contributed by atoms with Gasteiger partial charge in [-0.15, -0.1) is 0 Å². The van der Waals surface area contributed by atoms with Crippen molar-refractivity contribution in [1.29, 1.82) is 0 Å². The molecule has 2 N–H and O–H groups in total. The Kier molecular flexibility index (Phi) is 4.13. The Hall–Kier alpha value is -1.10. The summed E-state index contributed by atoms with van der Waals surface area (Å²) in [6.07, 6.45) is -0.0607. The van der Waals surface area contributed by atoms with E-state index in [4.69, 9.17) is 16.3 Å². The lowest BCUT2D eigenvalue weighted by molar-refractivity contribution is -0.117. The Morgan fingerprint density at radius 1 is 1.58 bits per heavy atom. The minimum absolute atomic E-state index is 0.00459. The van der Waals surface area contributed by atoms with Crippen LogP contribution in [-0.4, -0.2) is 24.7 Å². The molecular formula is C14H18ClNO3. The zero-order valence-corrected chi connectivity index (χ0v) is 12.0. The predicted octanol–water partition coefficient (Wildman–Crippen LogP) is 2.77. The highest BCUT2D eigenvalue weighted by molar-refractivity contribution is 6.33. The molecule has 104 valence electrons. The van der Waals surface area contributed by atoms with Crippen LogP contribution in [0.1, 0.15) is 42.1 Å². The van der Waals surface area contributed by atoms with E-state index in [0.29, 0.717) is 10.6 Å². The van der Waals surface area contributed by atoms with Crippen molar-refractivity contribution in [3.05, 3.63) is 27.8 Å². The average Bonchev–Trinajstić information content (AvgIpc) is 2.70. The molecule has 1 aliphatic rings. The summed E-state index contributed by atoms with van der Waals surface area (Å²) in [5.41, 5.74) is 3.12. The summed E-state index contributed by atoms with van der Waals surface area (Å²) in [6.45, 7) is 3.99. The summed E-state index contributed by atoms with van der Waals surface area (Å²) in [6, 6.07) is 1.82. The van der Waals surface area contributed by atoms with Crippen molar-refractivity contribution in [3.8, 4) is 0 Å². The SMILES string of the molecule is CCC1C(=O)Nc2c1cc(C(O)COC)c(Cl)c2C. The first-order valence-electron chi connectivity index (χ1n) is 6.32. The van der Waals surface area contributed by atoms with Crippen molar-refractivity contribution in [1.82, 2.24) is 0 Å². The van der Waals surface area contributed by atoms with E-state index in [-0.39, 0.29) is 18.4 Å². The van der Waals surface area contributed by atoms with Crippen molar-refractivity contribution >= 4 is 23.2 Å². The van der Waals surface area contributed by atoms with Gasteiger partial charge in [0.25, 0.3) is 0 Å². The molecule has 0 aromatic heterocycles. The molecule has 0 saturated heterocycles. The van der Waals surface area contributed by atoms with Gasteiger partial charge in [-0.25, -0.2) is 0 Å². The number of methoxy groups -OCH3 is 1. The smallest absolute Gasteiger partial charge is 0.232 e. The fourth-order valence-electron chi connectivity index (χ4n) is 2.53. The van der Waals surface area contributed by atoms with E-state index in [2.05, 4.69) is 5.32 Å². The van der Waals surface area contributed by atoms with Gasteiger partial charge in [-0.3, -0.25) is 4.79 Å². The van der Waals surface area contributed by atoms with Gasteiger partial charge in [0, 0.05) is 18.4 Å². The molecule has 2 rings (SSSR count). The van der Waals surface area contributed by atoms with Crippen LogP contribution in [0.25, 0.3) is 0 Å². The molecule has 1 aromatic rings. The lowest BCUT2D eigenvalue weighted by atomic mass is 9.93. The van der Waals surface area contributed by atoms with E-state index < -0.39 is 6.10 Å². The van der Waals surface area contributed by atoms with Crippen LogP contribution in [0.5, 0.6) is 0 Å². The van der Waals surface area contributed by atoms with Crippen LogP contribution in [0.3, 0.4) is 0 Å². The van der Waals surface area contributed by atoms with Crippen molar-refractivity contribution in [2.45, 2.75) is 32.3 Å². The second kappa shape index (κ2) is 5.49. The van der Waals surface area contributed by atoms with Gasteiger partial charge in [0.15, 0.2) is 0 Å². The summed E-state index contributed by atoms with van der Waals surface area (Å²) in [5, 5.41) is 13.4. The molecule has 0 saturated carbocycles. The lowest BCUT2D eigenvalue weighted by Crippen LogP contribution is -2.10. The molecule has 4 nitrogen and oxygen atoms in total. The molecule has 5 heteroatoms. The first-order valence-corrected chi connectivity index (χ1v) is 6.69. The number of benzene rings is 1. The number of nitrogens with one attached hydrogen (secondary N) is 1. The minimum Gasteiger partial charge on any atom is -0.386 e. The quantitative estimate of drug-likeness (QED) is 0.893. The van der Waals surface area contributed by atoms with Crippen LogP contribution < -0.4 is 5.32 Å². The molecule has 0 spiro atoms. The number of ether oxygens (including phenoxy) is 1. The maximum absolute atomic E-state index is 11.9. The normalized spacial score (nSPS) is 19.2. The minimum atomic E-state index is -0.783. The molecule has 1 heterocycles. The largest absolute Gasteiger partial charge is 0.386 e. The van der Waals surface area contributed by atoms with Crippen molar-refractivity contribution in [3.63, 3.8) is 0 Å². The second-order valence-corrected chi connectivity index (χ2v) is 5.17. The Morgan fingerprint density at radius 3 is 2.84 bits per heavy atom. The first-order chi connectivity index (χ1) is 9.01. The maximum Gasteiger partial charge on any atom is 0.232 e. The maximum atomic E-state index is 11.9. The molecular weight excluding hydrogens is 266 g/mol. The van der Waals surface area contributed by atoms with E-state index in [1.54, 1.807) is 0 Å². The lowest BCUT2D eigenvalue weighted by Gasteiger charge is -2.17. The van der Waals surface area contributed by atoms with E-state index in [0.717, 1.165) is 23.2 Å². The van der Waals surface area contributed by atoms with Gasteiger partial charge >= 0.3 is 0 Å². The number of carbonyl (C=O) groups is 1. The molecule has 2 unspecified atom stereocenters. The summed E-state index contributed by atoms with van der Waals surface area (Å²) in [4.78, 5) is 11.9. The second-order valence-electron chi connectivity index (χ2n) is 4.79. The van der Waals surface area contributed by atoms with Crippen LogP contribution in [0.15, 0.2) is 6.07 Å². The average molecular weight is 284 g/mol. The molecule has 1 aliphatic heterocycles. The number of hydrogen-bond donors (Lipinski definition) is 2. The zero-order chi connectivity index (χ0) is 14.2. The van der Waals surface area contributed by atoms with Crippen LogP contribution >= 0.6 is 11.6 Å². The number of aliphatic hydroxyl groups is 1. The summed E-state index contributed by atoms with van der Waals surface area (Å²) >= 11 is 6.28. The number of hydrogen-bond acceptors (Lipinski definition) is 3. The number of halogens is 1. The van der Waals surface area contributed by atoms with Crippen molar-refractivity contribution < 1.29 is 14.6 Å². The molecule has 2 atom stereocenters. The van der Waals surface area contributed by atoms with Crippen LogP contribution in [0.2, 0.25) is 5.02 Å². The molecule has 0 fully saturated rings. The molecule has 1 aromatic carbocycles. The van der Waals surface area contributed by atoms with Gasteiger partial charge in [0.05, 0.1) is 17.5 Å². The Bertz CT molecular complexity index is 516. The van der Waals surface area contributed by atoms with Gasteiger partial charge in [-0.05, 0) is 30.5 Å². The third-order valence-corrected chi connectivity index (χ3v) is 4.09. The summed E-state index contributed by atoms with van der Waals surface area (Å²) in [5.74, 6) is -0.172. The Balaban J connectivity index is 2.53. The Morgan fingerprint density at radius 2 is 2.26 bits per heavy atom. The Labute approximate surface area is 117 Å². The molecule has 1 amide bonds.